The van der Waals surface area contributed by atoms with Crippen molar-refractivity contribution in [2.24, 2.45) is 5.92 Å². The van der Waals surface area contributed by atoms with Gasteiger partial charge in [-0.2, -0.15) is 5.10 Å². The van der Waals surface area contributed by atoms with Gasteiger partial charge in [0.2, 0.25) is 11.8 Å². The molecular weight excluding hydrogens is 430 g/mol. The molecule has 172 valence electrons. The van der Waals surface area contributed by atoms with Crippen LogP contribution in [0, 0.1) is 24.5 Å². The lowest BCUT2D eigenvalue weighted by molar-refractivity contribution is -0.119. The first-order chi connectivity index (χ1) is 15.5. The van der Waals surface area contributed by atoms with Crippen molar-refractivity contribution in [2.45, 2.75) is 33.7 Å². The second-order valence-corrected chi connectivity index (χ2v) is 8.00. The number of anilines is 2. The molecule has 7 nitrogen and oxygen atoms in total. The Morgan fingerprint density at radius 2 is 1.58 bits per heavy atom. The largest absolute Gasteiger partial charge is 0.326 e. The zero-order valence-corrected chi connectivity index (χ0v) is 18.6. The van der Waals surface area contributed by atoms with Gasteiger partial charge in [0, 0.05) is 35.0 Å². The van der Waals surface area contributed by atoms with Gasteiger partial charge in [0.1, 0.15) is 17.7 Å². The van der Waals surface area contributed by atoms with Crippen molar-refractivity contribution in [3.63, 3.8) is 0 Å². The molecule has 0 unspecified atom stereocenters. The van der Waals surface area contributed by atoms with Crippen molar-refractivity contribution in [2.75, 3.05) is 10.6 Å². The molecule has 0 radical (unpaired) electrons. The quantitative estimate of drug-likeness (QED) is 0.581. The van der Waals surface area contributed by atoms with Gasteiger partial charge in [-0.25, -0.2) is 13.5 Å². The van der Waals surface area contributed by atoms with Crippen LogP contribution in [0.2, 0.25) is 0 Å². The Bertz CT molecular complexity index is 1250. The second-order valence-electron chi connectivity index (χ2n) is 8.00. The first-order valence-corrected chi connectivity index (χ1v) is 10.3. The maximum absolute atomic E-state index is 13.4. The van der Waals surface area contributed by atoms with Gasteiger partial charge in [0.05, 0.1) is 5.69 Å². The maximum atomic E-state index is 13.4. The van der Waals surface area contributed by atoms with Gasteiger partial charge in [-0.15, -0.1) is 0 Å². The van der Waals surface area contributed by atoms with Gasteiger partial charge in [0.15, 0.2) is 0 Å². The number of hydrogen-bond donors (Lipinski definition) is 2. The van der Waals surface area contributed by atoms with Gasteiger partial charge >= 0.3 is 0 Å². The van der Waals surface area contributed by atoms with Gasteiger partial charge in [0.25, 0.3) is 5.56 Å². The number of aromatic nitrogens is 2. The van der Waals surface area contributed by atoms with Gasteiger partial charge in [-0.3, -0.25) is 14.4 Å². The van der Waals surface area contributed by atoms with Crippen LogP contribution in [0.5, 0.6) is 0 Å². The number of carbonyl (C=O) groups excluding carboxylic acids is 2. The van der Waals surface area contributed by atoms with E-state index in [9.17, 15) is 23.2 Å². The number of rotatable bonds is 6. The fourth-order valence-electron chi connectivity index (χ4n) is 3.03. The molecule has 0 aliphatic heterocycles. The Morgan fingerprint density at radius 3 is 2.21 bits per heavy atom. The molecule has 9 heteroatoms. The number of benzene rings is 2. The number of nitrogens with one attached hydrogen (secondary N) is 2. The van der Waals surface area contributed by atoms with E-state index in [1.165, 1.54) is 19.1 Å². The average molecular weight is 454 g/mol. The summed E-state index contributed by atoms with van der Waals surface area (Å²) in [4.78, 5) is 37.1. The highest BCUT2D eigenvalue weighted by molar-refractivity contribution is 5.94. The van der Waals surface area contributed by atoms with Crippen molar-refractivity contribution in [3.05, 3.63) is 76.1 Å². The monoisotopic (exact) mass is 454 g/mol. The highest BCUT2D eigenvalue weighted by Gasteiger charge is 2.19. The molecule has 0 saturated carbocycles. The number of aryl methyl sites for hydroxylation is 1. The third kappa shape index (κ3) is 5.68. The molecule has 0 fully saturated rings. The molecule has 0 aliphatic carbocycles. The molecule has 1 heterocycles. The molecule has 3 aromatic rings. The van der Waals surface area contributed by atoms with Crippen LogP contribution in [0.15, 0.2) is 53.3 Å². The van der Waals surface area contributed by atoms with E-state index in [2.05, 4.69) is 15.7 Å². The Kier molecular flexibility index (Phi) is 7.01. The van der Waals surface area contributed by atoms with E-state index in [1.54, 1.807) is 26.0 Å². The van der Waals surface area contributed by atoms with Crippen LogP contribution >= 0.6 is 0 Å². The van der Waals surface area contributed by atoms with Gasteiger partial charge < -0.3 is 10.6 Å². The van der Waals surface area contributed by atoms with Crippen LogP contribution in [-0.2, 0) is 9.59 Å². The van der Waals surface area contributed by atoms with Crippen molar-refractivity contribution >= 4 is 23.2 Å². The van der Waals surface area contributed by atoms with Crippen LogP contribution in [0.25, 0.3) is 11.3 Å². The topological polar surface area (TPSA) is 93.1 Å². The lowest BCUT2D eigenvalue weighted by Gasteiger charge is -2.16. The molecule has 2 aromatic carbocycles. The third-order valence-electron chi connectivity index (χ3n) is 5.02. The predicted octanol–water partition coefficient (Wildman–Crippen LogP) is 4.29. The molecule has 1 atom stereocenters. The second kappa shape index (κ2) is 9.72. The van der Waals surface area contributed by atoms with Crippen LogP contribution in [0.3, 0.4) is 0 Å². The maximum Gasteiger partial charge on any atom is 0.267 e. The summed E-state index contributed by atoms with van der Waals surface area (Å²) in [6, 6.07) is 9.72. The van der Waals surface area contributed by atoms with Gasteiger partial charge in [-0.05, 0) is 43.7 Å². The first kappa shape index (κ1) is 23.8. The standard InChI is InChI=1S/C24H24F2N4O3/c1-13(2)23(32)28-21-9-16(6-5-14(21)3)20-7-8-22(31)30(29-20)15(4)24(33)27-19-11-17(25)10-18(26)12-19/h5-13,15H,1-4H3,(H,27,33)(H,28,32)/t15-/m0/s1. The van der Waals surface area contributed by atoms with E-state index in [1.807, 2.05) is 13.0 Å². The first-order valence-electron chi connectivity index (χ1n) is 10.3. The Labute approximate surface area is 189 Å². The highest BCUT2D eigenvalue weighted by Crippen LogP contribution is 2.24. The van der Waals surface area contributed by atoms with Crippen LogP contribution in [-0.4, -0.2) is 21.6 Å². The molecule has 0 bridgehead atoms. The predicted molar refractivity (Wildman–Crippen MR) is 122 cm³/mol. The summed E-state index contributed by atoms with van der Waals surface area (Å²) in [5, 5.41) is 9.56. The summed E-state index contributed by atoms with van der Waals surface area (Å²) in [5.41, 5.74) is 1.92. The summed E-state index contributed by atoms with van der Waals surface area (Å²) < 4.78 is 27.8. The zero-order chi connectivity index (χ0) is 24.3. The van der Waals surface area contributed by atoms with E-state index in [4.69, 9.17) is 0 Å². The summed E-state index contributed by atoms with van der Waals surface area (Å²) in [6.45, 7) is 6.88. The molecule has 0 aliphatic rings. The third-order valence-corrected chi connectivity index (χ3v) is 5.02. The summed E-state index contributed by atoms with van der Waals surface area (Å²) in [5.74, 6) is -2.67. The minimum Gasteiger partial charge on any atom is -0.326 e. The lowest BCUT2D eigenvalue weighted by Crippen LogP contribution is -2.33. The number of carbonyl (C=O) groups is 2. The molecule has 2 N–H and O–H groups in total. The lowest BCUT2D eigenvalue weighted by atomic mass is 10.1. The number of nitrogens with zero attached hydrogens (tertiary/aromatic N) is 2. The zero-order valence-electron chi connectivity index (χ0n) is 18.6. The Balaban J connectivity index is 1.89. The summed E-state index contributed by atoms with van der Waals surface area (Å²) in [6.07, 6.45) is 0. The normalized spacial score (nSPS) is 11.8. The highest BCUT2D eigenvalue weighted by atomic mass is 19.1. The minimum atomic E-state index is -1.06. The van der Waals surface area contributed by atoms with Crippen molar-refractivity contribution < 1.29 is 18.4 Å². The molecular formula is C24H24F2N4O3. The van der Waals surface area contributed by atoms with E-state index in [-0.39, 0.29) is 17.5 Å². The minimum absolute atomic E-state index is 0.0716. The summed E-state index contributed by atoms with van der Waals surface area (Å²) in [7, 11) is 0. The smallest absolute Gasteiger partial charge is 0.267 e. The average Bonchev–Trinajstić information content (AvgIpc) is 2.74. The molecule has 3 rings (SSSR count). The van der Waals surface area contributed by atoms with E-state index < -0.39 is 29.1 Å². The van der Waals surface area contributed by atoms with Crippen LogP contribution in [0.4, 0.5) is 20.2 Å². The van der Waals surface area contributed by atoms with Crippen LogP contribution < -0.4 is 16.2 Å². The molecule has 0 saturated heterocycles. The van der Waals surface area contributed by atoms with E-state index >= 15 is 0 Å². The van der Waals surface area contributed by atoms with E-state index in [0.29, 0.717) is 23.0 Å². The molecule has 0 spiro atoms. The molecule has 2 amide bonds. The SMILES string of the molecule is Cc1ccc(-c2ccc(=O)n([C@@H](C)C(=O)Nc3cc(F)cc(F)c3)n2)cc1NC(=O)C(C)C. The summed E-state index contributed by atoms with van der Waals surface area (Å²) >= 11 is 0. The van der Waals surface area contributed by atoms with Crippen LogP contribution in [0.1, 0.15) is 32.4 Å². The van der Waals surface area contributed by atoms with Crippen molar-refractivity contribution in [3.8, 4) is 11.3 Å². The number of halogens is 2. The molecule has 33 heavy (non-hydrogen) atoms. The van der Waals surface area contributed by atoms with E-state index in [0.717, 1.165) is 22.4 Å². The molecule has 1 aromatic heterocycles. The van der Waals surface area contributed by atoms with Gasteiger partial charge in [-0.1, -0.05) is 26.0 Å². The number of amides is 2. The Hall–Kier alpha value is -3.88. The number of hydrogen-bond acceptors (Lipinski definition) is 4. The fourth-order valence-corrected chi connectivity index (χ4v) is 3.03. The van der Waals surface area contributed by atoms with Crippen molar-refractivity contribution in [1.29, 1.82) is 0 Å². The fraction of sp³-hybridized carbons (Fsp3) is 0.250. The van der Waals surface area contributed by atoms with Crippen molar-refractivity contribution in [1.82, 2.24) is 9.78 Å². The Morgan fingerprint density at radius 1 is 0.909 bits per heavy atom.